The van der Waals surface area contributed by atoms with Gasteiger partial charge in [0.05, 0.1) is 12.0 Å². The lowest BCUT2D eigenvalue weighted by Gasteiger charge is -2.13. The molecule has 22 heavy (non-hydrogen) atoms. The van der Waals surface area contributed by atoms with Crippen molar-refractivity contribution in [2.75, 3.05) is 5.75 Å². The summed E-state index contributed by atoms with van der Waals surface area (Å²) in [5.41, 5.74) is 4.13. The molecule has 0 bridgehead atoms. The maximum absolute atomic E-state index is 12.0. The molecular weight excluding hydrogens is 290 g/mol. The minimum Gasteiger partial charge on any atom is -0.287 e. The topological polar surface area (TPSA) is 40.9 Å². The number of thioether (sulfide) groups is 1. The van der Waals surface area contributed by atoms with Gasteiger partial charge in [0.15, 0.2) is 5.12 Å². The molecule has 2 aromatic rings. The van der Waals surface area contributed by atoms with Gasteiger partial charge < -0.3 is 0 Å². The van der Waals surface area contributed by atoms with Gasteiger partial charge in [-0.25, -0.2) is 0 Å². The summed E-state index contributed by atoms with van der Waals surface area (Å²) in [6.45, 7) is 3.86. The number of nitriles is 1. The average molecular weight is 309 g/mol. The highest BCUT2D eigenvalue weighted by Gasteiger charge is 2.13. The second-order valence-corrected chi connectivity index (χ2v) is 6.44. The van der Waals surface area contributed by atoms with Crippen molar-refractivity contribution in [2.45, 2.75) is 26.2 Å². The molecule has 0 aromatic heterocycles. The smallest absolute Gasteiger partial charge is 0.193 e. The molecule has 0 N–H and O–H groups in total. The zero-order chi connectivity index (χ0) is 15.9. The minimum atomic E-state index is -0.169. The summed E-state index contributed by atoms with van der Waals surface area (Å²) in [5, 5.41) is 9.28. The number of hydrogen-bond acceptors (Lipinski definition) is 3. The minimum absolute atomic E-state index is 0.168. The van der Waals surface area contributed by atoms with Crippen LogP contribution in [-0.4, -0.2) is 10.9 Å². The fraction of sp³-hybridized carbons (Fsp3) is 0.263. The van der Waals surface area contributed by atoms with Crippen molar-refractivity contribution < 1.29 is 4.79 Å². The first-order valence-electron chi connectivity index (χ1n) is 7.39. The van der Waals surface area contributed by atoms with E-state index in [1.54, 1.807) is 0 Å². The van der Waals surface area contributed by atoms with Crippen LogP contribution in [-0.2, 0) is 11.2 Å². The lowest BCUT2D eigenvalue weighted by molar-refractivity contribution is -0.110. The molecule has 0 saturated carbocycles. The van der Waals surface area contributed by atoms with E-state index in [0.717, 1.165) is 28.0 Å². The molecule has 0 fully saturated rings. The van der Waals surface area contributed by atoms with Gasteiger partial charge in [-0.15, -0.1) is 0 Å². The first kappa shape index (κ1) is 16.3. The van der Waals surface area contributed by atoms with Gasteiger partial charge in [0.1, 0.15) is 0 Å². The molecule has 2 nitrogen and oxygen atoms in total. The van der Waals surface area contributed by atoms with Crippen LogP contribution in [0, 0.1) is 11.3 Å². The van der Waals surface area contributed by atoms with Crippen molar-refractivity contribution in [2.24, 2.45) is 0 Å². The van der Waals surface area contributed by atoms with E-state index in [0.29, 0.717) is 6.42 Å². The average Bonchev–Trinajstić information content (AvgIpc) is 2.55. The third-order valence-corrected chi connectivity index (χ3v) is 4.30. The van der Waals surface area contributed by atoms with Crippen LogP contribution >= 0.6 is 11.8 Å². The van der Waals surface area contributed by atoms with E-state index in [4.69, 9.17) is 5.26 Å². The molecule has 0 aliphatic rings. The Balaban J connectivity index is 2.44. The Morgan fingerprint density at radius 1 is 1.23 bits per heavy atom. The van der Waals surface area contributed by atoms with Crippen molar-refractivity contribution in [3.8, 4) is 17.2 Å². The van der Waals surface area contributed by atoms with Crippen molar-refractivity contribution in [1.82, 2.24) is 0 Å². The number of nitrogens with zero attached hydrogens (tertiary/aromatic N) is 1. The molecule has 0 amide bonds. The van der Waals surface area contributed by atoms with Gasteiger partial charge >= 0.3 is 0 Å². The van der Waals surface area contributed by atoms with Gasteiger partial charge in [-0.1, -0.05) is 67.2 Å². The maximum Gasteiger partial charge on any atom is 0.193 e. The first-order chi connectivity index (χ1) is 10.7. The molecule has 0 aliphatic heterocycles. The lowest BCUT2D eigenvalue weighted by atomic mass is 9.92. The Hall–Kier alpha value is -2.05. The van der Waals surface area contributed by atoms with Gasteiger partial charge in [0.25, 0.3) is 0 Å². The van der Waals surface area contributed by atoms with Gasteiger partial charge in [0.2, 0.25) is 0 Å². The number of hydrogen-bond donors (Lipinski definition) is 0. The molecule has 2 rings (SSSR count). The Morgan fingerprint density at radius 3 is 2.59 bits per heavy atom. The fourth-order valence-corrected chi connectivity index (χ4v) is 2.95. The molecule has 1 unspecified atom stereocenters. The molecule has 0 heterocycles. The van der Waals surface area contributed by atoms with Crippen LogP contribution in [0.5, 0.6) is 0 Å². The highest BCUT2D eigenvalue weighted by Crippen LogP contribution is 2.28. The van der Waals surface area contributed by atoms with Gasteiger partial charge in [-0.3, -0.25) is 4.79 Å². The molecule has 0 saturated heterocycles. The van der Waals surface area contributed by atoms with E-state index in [1.807, 2.05) is 62.4 Å². The number of carbonyl (C=O) groups excluding carboxylic acids is 1. The van der Waals surface area contributed by atoms with Crippen molar-refractivity contribution in [1.29, 1.82) is 5.26 Å². The van der Waals surface area contributed by atoms with Crippen LogP contribution < -0.4 is 0 Å². The fourth-order valence-electron chi connectivity index (χ4n) is 2.37. The summed E-state index contributed by atoms with van der Waals surface area (Å²) in [4.78, 5) is 12.0. The SMILES string of the molecule is CCSC(=O)Cc1cc(C(C)C#N)ccc1-c1ccccc1. The predicted octanol–water partition coefficient (Wildman–Crippen LogP) is 4.80. The predicted molar refractivity (Wildman–Crippen MR) is 92.7 cm³/mol. The summed E-state index contributed by atoms with van der Waals surface area (Å²) in [5.74, 6) is 0.617. The van der Waals surface area contributed by atoms with Crippen molar-refractivity contribution >= 4 is 16.9 Å². The van der Waals surface area contributed by atoms with E-state index in [1.165, 1.54) is 11.8 Å². The van der Waals surface area contributed by atoms with E-state index in [9.17, 15) is 4.79 Å². The molecule has 0 radical (unpaired) electrons. The van der Waals surface area contributed by atoms with Gasteiger partial charge in [-0.2, -0.15) is 5.26 Å². The van der Waals surface area contributed by atoms with Crippen LogP contribution in [0.3, 0.4) is 0 Å². The Morgan fingerprint density at radius 2 is 1.95 bits per heavy atom. The maximum atomic E-state index is 12.0. The van der Waals surface area contributed by atoms with Crippen molar-refractivity contribution in [3.63, 3.8) is 0 Å². The normalized spacial score (nSPS) is 11.7. The molecule has 3 heteroatoms. The largest absolute Gasteiger partial charge is 0.287 e. The number of rotatable bonds is 5. The van der Waals surface area contributed by atoms with Crippen LogP contribution in [0.1, 0.15) is 30.9 Å². The highest BCUT2D eigenvalue weighted by molar-refractivity contribution is 8.13. The van der Waals surface area contributed by atoms with Crippen LogP contribution in [0.15, 0.2) is 48.5 Å². The number of carbonyl (C=O) groups is 1. The molecule has 2 aromatic carbocycles. The Bertz CT molecular complexity index is 688. The van der Waals surface area contributed by atoms with E-state index in [-0.39, 0.29) is 11.0 Å². The Labute approximate surface area is 136 Å². The second-order valence-electron chi connectivity index (χ2n) is 5.12. The summed E-state index contributed by atoms with van der Waals surface area (Å²) in [6, 6.07) is 18.3. The second kappa shape index (κ2) is 7.82. The zero-order valence-corrected chi connectivity index (χ0v) is 13.7. The third kappa shape index (κ3) is 3.99. The summed E-state index contributed by atoms with van der Waals surface area (Å²) in [6.07, 6.45) is 0.398. The summed E-state index contributed by atoms with van der Waals surface area (Å²) >= 11 is 1.35. The lowest BCUT2D eigenvalue weighted by Crippen LogP contribution is -2.02. The van der Waals surface area contributed by atoms with Gasteiger partial charge in [0, 0.05) is 6.42 Å². The molecular formula is C19H19NOS. The van der Waals surface area contributed by atoms with Crippen LogP contribution in [0.2, 0.25) is 0 Å². The molecule has 1 atom stereocenters. The Kier molecular flexibility index (Phi) is 5.80. The third-order valence-electron chi connectivity index (χ3n) is 3.55. The van der Waals surface area contributed by atoms with Crippen LogP contribution in [0.4, 0.5) is 0 Å². The van der Waals surface area contributed by atoms with Gasteiger partial charge in [-0.05, 0) is 34.9 Å². The quantitative estimate of drug-likeness (QED) is 0.796. The zero-order valence-electron chi connectivity index (χ0n) is 12.9. The molecule has 0 spiro atoms. The standard InChI is InChI=1S/C19H19NOS/c1-3-22-19(21)12-17-11-16(14(2)13-20)9-10-18(17)15-7-5-4-6-8-15/h4-11,14H,3,12H2,1-2H3. The first-order valence-corrected chi connectivity index (χ1v) is 8.37. The monoisotopic (exact) mass is 309 g/mol. The summed E-state index contributed by atoms with van der Waals surface area (Å²) < 4.78 is 0. The molecule has 112 valence electrons. The van der Waals surface area contributed by atoms with Crippen molar-refractivity contribution in [3.05, 3.63) is 59.7 Å². The molecule has 0 aliphatic carbocycles. The van der Waals surface area contributed by atoms with Crippen LogP contribution in [0.25, 0.3) is 11.1 Å². The van der Waals surface area contributed by atoms with E-state index in [2.05, 4.69) is 6.07 Å². The number of benzene rings is 2. The van der Waals surface area contributed by atoms with E-state index >= 15 is 0 Å². The summed E-state index contributed by atoms with van der Waals surface area (Å²) in [7, 11) is 0. The highest BCUT2D eigenvalue weighted by atomic mass is 32.2. The van der Waals surface area contributed by atoms with E-state index < -0.39 is 0 Å².